The summed E-state index contributed by atoms with van der Waals surface area (Å²) in [6.45, 7) is 9.02. The van der Waals surface area contributed by atoms with Crippen LogP contribution in [0.2, 0.25) is 0 Å². The lowest BCUT2D eigenvalue weighted by atomic mass is 9.41. The number of hydrogen-bond acceptors (Lipinski definition) is 13. The van der Waals surface area contributed by atoms with Gasteiger partial charge in [0, 0.05) is 53.8 Å². The Kier molecular flexibility index (Phi) is 7.72. The number of allylic oxidation sites excluding steroid dienone is 1. The fourth-order valence-electron chi connectivity index (χ4n) is 18.2. The highest BCUT2D eigenvalue weighted by Crippen LogP contribution is 2.82. The van der Waals surface area contributed by atoms with Crippen LogP contribution in [-0.4, -0.2) is 96.5 Å². The van der Waals surface area contributed by atoms with Gasteiger partial charge in [-0.2, -0.15) is 0 Å². The molecular weight excluding hydrogens is 785 g/mol. The lowest BCUT2D eigenvalue weighted by Gasteiger charge is -2.59. The smallest absolute Gasteiger partial charge is 0.309 e. The van der Waals surface area contributed by atoms with Crippen LogP contribution in [0.25, 0.3) is 0 Å². The molecule has 0 N–H and O–H groups in total. The Morgan fingerprint density at radius 1 is 0.721 bits per heavy atom. The number of fused-ring (bicyclic) bond motifs is 12. The molecule has 4 spiro atoms. The predicted molar refractivity (Wildman–Crippen MR) is 210 cm³/mol. The van der Waals surface area contributed by atoms with Gasteiger partial charge in [-0.1, -0.05) is 33.3 Å². The Bertz CT molecular complexity index is 2130. The van der Waals surface area contributed by atoms with Gasteiger partial charge in [0.25, 0.3) is 0 Å². The average molecular weight is 845 g/mol. The van der Waals surface area contributed by atoms with E-state index in [0.717, 1.165) is 63.4 Å². The van der Waals surface area contributed by atoms with E-state index >= 15 is 0 Å². The third-order valence-electron chi connectivity index (χ3n) is 21.3. The molecule has 0 aromatic rings. The average Bonchev–Trinajstić information content (AvgIpc) is 4.18. The van der Waals surface area contributed by atoms with Gasteiger partial charge in [-0.3, -0.25) is 28.8 Å². The molecule has 5 aliphatic heterocycles. The molecule has 0 bridgehead atoms. The monoisotopic (exact) mass is 844 g/mol. The summed E-state index contributed by atoms with van der Waals surface area (Å²) < 4.78 is 42.0. The molecule has 13 heteroatoms. The highest BCUT2D eigenvalue weighted by Gasteiger charge is 2.91. The van der Waals surface area contributed by atoms with Crippen LogP contribution in [0.4, 0.5) is 0 Å². The van der Waals surface area contributed by atoms with Crippen molar-refractivity contribution in [2.75, 3.05) is 14.2 Å². The molecule has 0 aromatic carbocycles. The minimum Gasteiger partial charge on any atom is -0.469 e. The summed E-state index contributed by atoms with van der Waals surface area (Å²) in [5.74, 6) is -0.149. The molecule has 0 aromatic heterocycles. The van der Waals surface area contributed by atoms with Crippen molar-refractivity contribution >= 4 is 35.4 Å². The Hall–Kier alpha value is -3.16. The van der Waals surface area contributed by atoms with Gasteiger partial charge in [-0.15, -0.1) is 0 Å². The van der Waals surface area contributed by atoms with E-state index in [2.05, 4.69) is 27.7 Å². The van der Waals surface area contributed by atoms with Crippen molar-refractivity contribution in [2.24, 2.45) is 63.1 Å². The van der Waals surface area contributed by atoms with Gasteiger partial charge in [-0.05, 0) is 99.9 Å². The number of ketones is 2. The first-order valence-corrected chi connectivity index (χ1v) is 23.3. The zero-order valence-electron chi connectivity index (χ0n) is 36.3. The maximum Gasteiger partial charge on any atom is 0.309 e. The van der Waals surface area contributed by atoms with Crippen molar-refractivity contribution in [3.8, 4) is 0 Å². The van der Waals surface area contributed by atoms with Gasteiger partial charge < -0.3 is 33.2 Å². The maximum absolute atomic E-state index is 13.2. The number of esters is 4. The normalized spacial score (nSPS) is 56.8. The SMILES string of the molecule is COC(=O)[C@H]1CC23O[C@H]2C(=O)CC[C@]3(C)[C@]23OC2C[C@@]2(C)C(CCC24CCC(=O)O4)C13.COC(=O)[C@H]1CC2=CC(=O)CC[C@]2(C)C2C1C1CCC3(CCC(=O)O3)[C@@]1(C)C1O[C@@H]12. The molecule has 5 heterocycles. The fourth-order valence-corrected chi connectivity index (χ4v) is 18.2. The second-order valence-electron chi connectivity index (χ2n) is 22.6. The summed E-state index contributed by atoms with van der Waals surface area (Å²) in [6.07, 6.45) is 12.1. The molecule has 8 aliphatic carbocycles. The molecule has 7 saturated carbocycles. The number of epoxide rings is 3. The van der Waals surface area contributed by atoms with E-state index in [-0.39, 0.29) is 117 Å². The maximum atomic E-state index is 13.2. The van der Waals surface area contributed by atoms with E-state index in [0.29, 0.717) is 38.5 Å². The predicted octanol–water partition coefficient (Wildman–Crippen LogP) is 5.32. The largest absolute Gasteiger partial charge is 0.469 e. The van der Waals surface area contributed by atoms with Gasteiger partial charge in [0.1, 0.15) is 28.5 Å². The summed E-state index contributed by atoms with van der Waals surface area (Å²) in [5, 5.41) is 0. The first-order valence-electron chi connectivity index (χ1n) is 23.3. The highest BCUT2D eigenvalue weighted by atomic mass is 16.6. The van der Waals surface area contributed by atoms with E-state index < -0.39 is 28.5 Å². The third-order valence-corrected chi connectivity index (χ3v) is 21.3. The van der Waals surface area contributed by atoms with Gasteiger partial charge >= 0.3 is 23.9 Å². The molecule has 13 aliphatic rings. The first kappa shape index (κ1) is 39.4. The molecule has 10 unspecified atom stereocenters. The highest BCUT2D eigenvalue weighted by molar-refractivity contribution is 5.92. The number of Topliss-reactive ketones (excluding diaryl/α,β-unsaturated/α-hetero) is 1. The van der Waals surface area contributed by atoms with Crippen LogP contribution in [-0.2, 0) is 61.9 Å². The lowest BCUT2D eigenvalue weighted by Crippen LogP contribution is -2.68. The van der Waals surface area contributed by atoms with Crippen molar-refractivity contribution in [1.82, 2.24) is 0 Å². The summed E-state index contributed by atoms with van der Waals surface area (Å²) >= 11 is 0. The third kappa shape index (κ3) is 4.41. The van der Waals surface area contributed by atoms with Gasteiger partial charge in [0.2, 0.25) is 0 Å². The van der Waals surface area contributed by atoms with Crippen molar-refractivity contribution in [2.45, 2.75) is 171 Å². The van der Waals surface area contributed by atoms with Crippen LogP contribution < -0.4 is 0 Å². The Labute approximate surface area is 356 Å². The molecule has 12 fully saturated rings. The summed E-state index contributed by atoms with van der Waals surface area (Å²) in [6, 6.07) is 0. The van der Waals surface area contributed by atoms with Crippen molar-refractivity contribution < 1.29 is 61.9 Å². The Balaban J connectivity index is 0.000000131. The zero-order chi connectivity index (χ0) is 42.7. The molecule has 0 radical (unpaired) electrons. The van der Waals surface area contributed by atoms with Crippen LogP contribution in [0.15, 0.2) is 11.6 Å². The number of rotatable bonds is 2. The standard InChI is InChI=1S/C24H30O7.C24H30O6/c1-20-11-15-24(29-15)17(13(20)4-8-22(20)9-6-16(26)30-22)12(19(27)28-3)10-23-18(31-23)14(25)5-7-21(23,24)2;1-22-7-4-13(25)10-12(22)11-14(21(27)28-3)17-15-5-8-24(9-6-16(26)30-24)23(15,2)20-19(29-20)18(17)22/h12-13,15,17-18H,4-11H2,1-3H3;10,14-15,17-20H,4-9,11H2,1-3H3/t12-,13?,15?,17?,18-,20-,21-,22?,23?,24-;14-,15?,17?,18?,19+,20?,22-,23+,24?/m00/s1. The molecule has 0 amide bonds. The molecule has 13 nitrogen and oxygen atoms in total. The molecule has 19 atom stereocenters. The van der Waals surface area contributed by atoms with Gasteiger partial charge in [-0.25, -0.2) is 0 Å². The van der Waals surface area contributed by atoms with Crippen molar-refractivity contribution in [1.29, 1.82) is 0 Å². The van der Waals surface area contributed by atoms with Crippen LogP contribution in [0.5, 0.6) is 0 Å². The minimum absolute atomic E-state index is 0.000380. The number of ether oxygens (including phenoxy) is 7. The zero-order valence-corrected chi connectivity index (χ0v) is 36.3. The lowest BCUT2D eigenvalue weighted by molar-refractivity contribution is -0.184. The number of methoxy groups -OCH3 is 2. The summed E-state index contributed by atoms with van der Waals surface area (Å²) in [4.78, 5) is 75.2. The van der Waals surface area contributed by atoms with Crippen LogP contribution in [0.1, 0.15) is 124 Å². The second kappa shape index (κ2) is 11.9. The number of hydrogen-bond donors (Lipinski definition) is 0. The Morgan fingerprint density at radius 2 is 1.39 bits per heavy atom. The van der Waals surface area contributed by atoms with Gasteiger partial charge in [0.15, 0.2) is 11.6 Å². The topological polar surface area (TPSA) is 177 Å². The molecule has 13 rings (SSSR count). The molecular formula is C48H60O13. The number of carbonyl (C=O) groups excluding carboxylic acids is 6. The summed E-state index contributed by atoms with van der Waals surface area (Å²) in [7, 11) is 2.90. The van der Waals surface area contributed by atoms with Crippen molar-refractivity contribution in [3.63, 3.8) is 0 Å². The van der Waals surface area contributed by atoms with Crippen LogP contribution >= 0.6 is 0 Å². The van der Waals surface area contributed by atoms with E-state index in [1.807, 2.05) is 0 Å². The second-order valence-corrected chi connectivity index (χ2v) is 22.6. The minimum atomic E-state index is -0.601. The van der Waals surface area contributed by atoms with Crippen LogP contribution in [0, 0.1) is 63.1 Å². The first-order chi connectivity index (χ1) is 28.9. The van der Waals surface area contributed by atoms with Gasteiger partial charge in [0.05, 0.1) is 44.4 Å². The van der Waals surface area contributed by atoms with Crippen molar-refractivity contribution in [3.05, 3.63) is 11.6 Å². The van der Waals surface area contributed by atoms with E-state index in [9.17, 15) is 28.8 Å². The number of carbonyl (C=O) groups is 6. The molecule has 61 heavy (non-hydrogen) atoms. The van der Waals surface area contributed by atoms with E-state index in [1.54, 1.807) is 6.08 Å². The molecule has 330 valence electrons. The Morgan fingerprint density at radius 3 is 2.08 bits per heavy atom. The van der Waals surface area contributed by atoms with E-state index in [4.69, 9.17) is 33.2 Å². The summed E-state index contributed by atoms with van der Waals surface area (Å²) in [5.41, 5.74) is -1.74. The molecule has 5 saturated heterocycles. The quantitative estimate of drug-likeness (QED) is 0.199. The van der Waals surface area contributed by atoms with Crippen LogP contribution in [0.3, 0.4) is 0 Å². The fraction of sp³-hybridized carbons (Fsp3) is 0.833. The van der Waals surface area contributed by atoms with E-state index in [1.165, 1.54) is 14.2 Å².